The van der Waals surface area contributed by atoms with Crippen LogP contribution in [0.25, 0.3) is 0 Å². The summed E-state index contributed by atoms with van der Waals surface area (Å²) in [4.78, 5) is 0. The lowest BCUT2D eigenvalue weighted by molar-refractivity contribution is -0.597. The Morgan fingerprint density at radius 2 is 1.66 bits per heavy atom. The van der Waals surface area contributed by atoms with Gasteiger partial charge in [0.1, 0.15) is 5.75 Å². The molecule has 158 valence electrons. The largest absolute Gasteiger partial charge is 0.496 e. The summed E-state index contributed by atoms with van der Waals surface area (Å²) >= 11 is -0.111. The summed E-state index contributed by atoms with van der Waals surface area (Å²) in [5.41, 5.74) is 1.39. The van der Waals surface area contributed by atoms with Crippen molar-refractivity contribution in [1.29, 1.82) is 0 Å². The van der Waals surface area contributed by atoms with Gasteiger partial charge in [-0.1, -0.05) is 90.0 Å². The lowest BCUT2D eigenvalue weighted by Crippen LogP contribution is -3.61. The van der Waals surface area contributed by atoms with Gasteiger partial charge in [-0.2, -0.15) is 0 Å². The second kappa shape index (κ2) is 13.5. The van der Waals surface area contributed by atoms with Crippen LogP contribution in [0.1, 0.15) is 71.3 Å². The molecular weight excluding hydrogens is 483 g/mol. The van der Waals surface area contributed by atoms with Crippen LogP contribution in [0.15, 0.2) is 48.5 Å². The molecule has 1 nitrogen and oxygen atoms in total. The Labute approximate surface area is 192 Å². The van der Waals surface area contributed by atoms with Crippen LogP contribution in [-0.2, 0) is 6.42 Å². The first-order chi connectivity index (χ1) is 14.0. The van der Waals surface area contributed by atoms with E-state index < -0.39 is 0 Å². The van der Waals surface area contributed by atoms with Crippen LogP contribution >= 0.6 is 0 Å². The summed E-state index contributed by atoms with van der Waals surface area (Å²) in [6.07, 6.45) is 10.7. The molecule has 0 N–H and O–H groups in total. The maximum atomic E-state index is 5.65. The molecule has 0 unspecified atom stereocenters. The molecule has 2 aromatic carbocycles. The zero-order chi connectivity index (χ0) is 21.0. The molecular formula is C26H38IOSi+. The van der Waals surface area contributed by atoms with Crippen LogP contribution in [0.3, 0.4) is 0 Å². The Balaban J connectivity index is 1.80. The molecule has 2 rings (SSSR count). The topological polar surface area (TPSA) is 9.23 Å². The molecule has 29 heavy (non-hydrogen) atoms. The maximum absolute atomic E-state index is 5.65. The fourth-order valence-electron chi connectivity index (χ4n) is 3.57. The Morgan fingerprint density at radius 3 is 2.38 bits per heavy atom. The minimum Gasteiger partial charge on any atom is -0.496 e. The maximum Gasteiger partial charge on any atom is 0.357 e. The van der Waals surface area contributed by atoms with E-state index in [4.69, 9.17) is 4.74 Å². The number of ether oxygens (including phenoxy) is 1. The number of halogens is 1. The van der Waals surface area contributed by atoms with E-state index in [1.54, 1.807) is 7.11 Å². The van der Waals surface area contributed by atoms with Crippen molar-refractivity contribution >= 4 is 9.52 Å². The van der Waals surface area contributed by atoms with Gasteiger partial charge in [-0.3, -0.25) is 0 Å². The highest BCUT2D eigenvalue weighted by molar-refractivity contribution is 6.39. The Hall–Kier alpha value is -0.813. The van der Waals surface area contributed by atoms with Gasteiger partial charge in [0.15, 0.2) is 7.14 Å². The van der Waals surface area contributed by atoms with Crippen molar-refractivity contribution in [2.45, 2.75) is 83.2 Å². The molecule has 0 atom stereocenters. The molecule has 0 aromatic heterocycles. The highest BCUT2D eigenvalue weighted by atomic mass is 127. The van der Waals surface area contributed by atoms with Gasteiger partial charge in [0, 0.05) is 9.52 Å². The molecule has 0 saturated heterocycles. The van der Waals surface area contributed by atoms with Gasteiger partial charge in [0.05, 0.1) is 7.11 Å². The summed E-state index contributed by atoms with van der Waals surface area (Å²) in [5.74, 6) is 1.06. The zero-order valence-corrected chi connectivity index (χ0v) is 21.9. The first kappa shape index (κ1) is 24.5. The van der Waals surface area contributed by atoms with E-state index in [2.05, 4.69) is 69.3 Å². The number of aryl methyl sites for hydroxylation is 1. The molecule has 0 saturated carbocycles. The number of benzene rings is 2. The third-order valence-corrected chi connectivity index (χ3v) is 9.77. The van der Waals surface area contributed by atoms with E-state index in [1.807, 2.05) is 0 Å². The van der Waals surface area contributed by atoms with Crippen LogP contribution in [0.2, 0.25) is 11.1 Å². The molecule has 3 heteroatoms. The highest BCUT2D eigenvalue weighted by Crippen LogP contribution is 2.32. The molecule has 0 fully saturated rings. The summed E-state index contributed by atoms with van der Waals surface area (Å²) in [6, 6.07) is 19.1. The Bertz CT molecular complexity index is 699. The lowest BCUT2D eigenvalue weighted by Gasteiger charge is -2.23. The molecule has 0 spiro atoms. The van der Waals surface area contributed by atoms with Crippen LogP contribution in [-0.4, -0.2) is 16.6 Å². The van der Waals surface area contributed by atoms with Crippen LogP contribution in [0.4, 0.5) is 0 Å². The molecule has 2 radical (unpaired) electrons. The first-order valence-electron chi connectivity index (χ1n) is 11.2. The van der Waals surface area contributed by atoms with Gasteiger partial charge < -0.3 is 4.74 Å². The highest BCUT2D eigenvalue weighted by Gasteiger charge is 2.19. The smallest absolute Gasteiger partial charge is 0.357 e. The summed E-state index contributed by atoms with van der Waals surface area (Å²) < 4.78 is 8.61. The van der Waals surface area contributed by atoms with Crippen molar-refractivity contribution in [1.82, 2.24) is 0 Å². The summed E-state index contributed by atoms with van der Waals surface area (Å²) in [6.45, 7) is 7.23. The van der Waals surface area contributed by atoms with E-state index in [9.17, 15) is 0 Å². The normalized spacial score (nSPS) is 11.6. The number of hydrogen-bond donors (Lipinski definition) is 0. The predicted molar refractivity (Wildman–Crippen MR) is 123 cm³/mol. The van der Waals surface area contributed by atoms with Gasteiger partial charge in [-0.25, -0.2) is 0 Å². The zero-order valence-electron chi connectivity index (χ0n) is 18.8. The van der Waals surface area contributed by atoms with E-state index in [0.29, 0.717) is 5.04 Å². The van der Waals surface area contributed by atoms with E-state index in [0.717, 1.165) is 21.7 Å². The van der Waals surface area contributed by atoms with Crippen LogP contribution in [0.5, 0.6) is 5.75 Å². The standard InChI is InChI=1S/C26H38IOSi/c1-5-6-7-8-12-19-26(2,3)29-20-13-14-22-21-24(17-18-25(22)28-4)27-23-15-10-9-11-16-23/h9-11,15-18,21H,5-8,12-14,19-20H2,1-4H3/q+1. The van der Waals surface area contributed by atoms with Gasteiger partial charge in [-0.15, -0.1) is 0 Å². The van der Waals surface area contributed by atoms with Gasteiger partial charge in [-0.05, 0) is 47.4 Å². The third kappa shape index (κ3) is 9.69. The summed E-state index contributed by atoms with van der Waals surface area (Å²) in [7, 11) is 2.86. The summed E-state index contributed by atoms with van der Waals surface area (Å²) in [5, 5.41) is 0.511. The number of unbranched alkanes of at least 4 members (excludes halogenated alkanes) is 4. The van der Waals surface area contributed by atoms with E-state index in [-0.39, 0.29) is 21.2 Å². The molecule has 0 bridgehead atoms. The number of rotatable bonds is 14. The number of methoxy groups -OCH3 is 1. The molecule has 0 heterocycles. The minimum atomic E-state index is -0.111. The van der Waals surface area contributed by atoms with Crippen molar-refractivity contribution in [3.63, 3.8) is 0 Å². The van der Waals surface area contributed by atoms with Crippen LogP contribution in [0, 0.1) is 7.14 Å². The van der Waals surface area contributed by atoms with Crippen molar-refractivity contribution < 1.29 is 25.9 Å². The Morgan fingerprint density at radius 1 is 0.897 bits per heavy atom. The molecule has 0 aliphatic rings. The fraction of sp³-hybridized carbons (Fsp3) is 0.538. The molecule has 2 aromatic rings. The van der Waals surface area contributed by atoms with Crippen molar-refractivity contribution in [3.05, 3.63) is 61.2 Å². The van der Waals surface area contributed by atoms with Gasteiger partial charge >= 0.3 is 21.2 Å². The monoisotopic (exact) mass is 521 g/mol. The quantitative estimate of drug-likeness (QED) is 0.203. The molecule has 0 aliphatic heterocycles. The second-order valence-corrected chi connectivity index (χ2v) is 13.7. The van der Waals surface area contributed by atoms with Crippen molar-refractivity contribution in [2.24, 2.45) is 0 Å². The third-order valence-electron chi connectivity index (χ3n) is 5.33. The van der Waals surface area contributed by atoms with Crippen LogP contribution < -0.4 is 25.9 Å². The molecule has 0 amide bonds. The van der Waals surface area contributed by atoms with Gasteiger partial charge in [0.25, 0.3) is 0 Å². The van der Waals surface area contributed by atoms with Crippen molar-refractivity contribution in [2.75, 3.05) is 7.11 Å². The average Bonchev–Trinajstić information content (AvgIpc) is 2.72. The second-order valence-electron chi connectivity index (χ2n) is 8.42. The van der Waals surface area contributed by atoms with Gasteiger partial charge in [0.2, 0.25) is 0 Å². The van der Waals surface area contributed by atoms with Crippen molar-refractivity contribution in [3.8, 4) is 5.75 Å². The lowest BCUT2D eigenvalue weighted by atomic mass is 10.0. The fourth-order valence-corrected chi connectivity index (χ4v) is 7.34. The van der Waals surface area contributed by atoms with E-state index in [1.165, 1.54) is 63.7 Å². The average molecular weight is 522 g/mol. The Kier molecular flexibility index (Phi) is 11.4. The predicted octanol–water partition coefficient (Wildman–Crippen LogP) is 4.44. The first-order valence-corrected chi connectivity index (χ1v) is 14.5. The van der Waals surface area contributed by atoms with E-state index >= 15 is 0 Å². The number of hydrogen-bond acceptors (Lipinski definition) is 1. The minimum absolute atomic E-state index is 0.111. The molecule has 0 aliphatic carbocycles. The SMILES string of the molecule is CCCCCCCC(C)(C)[Si]CCCc1cc([I+]c2ccccc2)ccc1OC.